The van der Waals surface area contributed by atoms with E-state index >= 15 is 0 Å². The van der Waals surface area contributed by atoms with Crippen LogP contribution in [0, 0.1) is 6.92 Å². The van der Waals surface area contributed by atoms with Gasteiger partial charge in [-0.15, -0.1) is 5.10 Å². The molecule has 0 bridgehead atoms. The van der Waals surface area contributed by atoms with Gasteiger partial charge in [-0.05, 0) is 19.4 Å². The number of benzene rings is 2. The number of hydrogen-bond acceptors (Lipinski definition) is 4. The number of rotatable bonds is 4. The van der Waals surface area contributed by atoms with Gasteiger partial charge in [0.05, 0.1) is 11.4 Å². The molecule has 2 heterocycles. The van der Waals surface area contributed by atoms with Crippen LogP contribution in [0.15, 0.2) is 75.9 Å². The van der Waals surface area contributed by atoms with Crippen LogP contribution in [0.3, 0.4) is 0 Å². The second-order valence-electron chi connectivity index (χ2n) is 6.21. The average Bonchev–Trinajstić information content (AvgIpc) is 3.34. The van der Waals surface area contributed by atoms with Crippen molar-refractivity contribution in [2.45, 2.75) is 13.8 Å². The lowest BCUT2D eigenvalue weighted by Crippen LogP contribution is -1.98. The Kier molecular flexibility index (Phi) is 4.98. The zero-order valence-corrected chi connectivity index (χ0v) is 16.0. The molecule has 6 heteroatoms. The van der Waals surface area contributed by atoms with E-state index in [1.54, 1.807) is 11.8 Å². The SMILES string of the molecule is C/C(=N\N=C1\N=C(c2ccccc2)CS1)c1nc(-c2ccccc2)[nH]c1C. The van der Waals surface area contributed by atoms with Crippen molar-refractivity contribution in [2.75, 3.05) is 5.75 Å². The number of amidine groups is 1. The average molecular weight is 373 g/mol. The first kappa shape index (κ1) is 17.4. The van der Waals surface area contributed by atoms with Crippen LogP contribution in [0.2, 0.25) is 0 Å². The molecule has 0 spiro atoms. The zero-order chi connectivity index (χ0) is 18.6. The Morgan fingerprint density at radius 1 is 1.00 bits per heavy atom. The summed E-state index contributed by atoms with van der Waals surface area (Å²) >= 11 is 1.60. The van der Waals surface area contributed by atoms with E-state index in [9.17, 15) is 0 Å². The second-order valence-corrected chi connectivity index (χ2v) is 7.15. The van der Waals surface area contributed by atoms with E-state index in [0.29, 0.717) is 5.17 Å². The highest BCUT2D eigenvalue weighted by Gasteiger charge is 2.15. The number of nitrogens with zero attached hydrogens (tertiary/aromatic N) is 4. The molecule has 0 saturated heterocycles. The summed E-state index contributed by atoms with van der Waals surface area (Å²) in [6.45, 7) is 3.92. The number of imidazole rings is 1. The van der Waals surface area contributed by atoms with Crippen molar-refractivity contribution in [1.29, 1.82) is 0 Å². The van der Waals surface area contributed by atoms with E-state index < -0.39 is 0 Å². The van der Waals surface area contributed by atoms with E-state index in [4.69, 9.17) is 0 Å². The lowest BCUT2D eigenvalue weighted by molar-refractivity contribution is 1.20. The summed E-state index contributed by atoms with van der Waals surface area (Å²) in [4.78, 5) is 12.6. The molecule has 3 aromatic rings. The third-order valence-corrected chi connectivity index (χ3v) is 5.08. The van der Waals surface area contributed by atoms with Gasteiger partial charge >= 0.3 is 0 Å². The molecular weight excluding hydrogens is 354 g/mol. The number of aliphatic imine (C=N–C) groups is 1. The molecule has 0 radical (unpaired) electrons. The maximum atomic E-state index is 4.69. The monoisotopic (exact) mass is 373 g/mol. The highest BCUT2D eigenvalue weighted by Crippen LogP contribution is 2.20. The van der Waals surface area contributed by atoms with Gasteiger partial charge in [0.1, 0.15) is 11.5 Å². The van der Waals surface area contributed by atoms with Crippen LogP contribution in [0.5, 0.6) is 0 Å². The first-order valence-corrected chi connectivity index (χ1v) is 9.69. The molecule has 0 amide bonds. The fourth-order valence-electron chi connectivity index (χ4n) is 2.85. The van der Waals surface area contributed by atoms with Crippen LogP contribution in [0.4, 0.5) is 0 Å². The molecule has 0 unspecified atom stereocenters. The fourth-order valence-corrected chi connectivity index (χ4v) is 3.62. The van der Waals surface area contributed by atoms with Crippen molar-refractivity contribution in [3.05, 3.63) is 77.6 Å². The summed E-state index contributed by atoms with van der Waals surface area (Å²) in [6.07, 6.45) is 0. The molecule has 1 aliphatic rings. The van der Waals surface area contributed by atoms with Crippen LogP contribution in [0.25, 0.3) is 11.4 Å². The van der Waals surface area contributed by atoms with Gasteiger partial charge in [-0.25, -0.2) is 9.98 Å². The Balaban J connectivity index is 1.56. The molecule has 1 N–H and O–H groups in total. The lowest BCUT2D eigenvalue weighted by atomic mass is 10.1. The molecule has 134 valence electrons. The molecule has 0 aliphatic carbocycles. The molecule has 0 atom stereocenters. The number of nitrogens with one attached hydrogen (secondary N) is 1. The van der Waals surface area contributed by atoms with Crippen molar-refractivity contribution >= 4 is 28.4 Å². The molecule has 1 aliphatic heterocycles. The molecule has 4 rings (SSSR count). The third-order valence-electron chi connectivity index (χ3n) is 4.24. The van der Waals surface area contributed by atoms with E-state index in [1.807, 2.05) is 62.4 Å². The van der Waals surface area contributed by atoms with Crippen LogP contribution < -0.4 is 0 Å². The minimum atomic E-state index is 0.685. The summed E-state index contributed by atoms with van der Waals surface area (Å²) in [5.74, 6) is 1.65. The van der Waals surface area contributed by atoms with Gasteiger partial charge in [-0.2, -0.15) is 5.10 Å². The highest BCUT2D eigenvalue weighted by molar-refractivity contribution is 8.15. The first-order valence-electron chi connectivity index (χ1n) is 8.71. The quantitative estimate of drug-likeness (QED) is 0.532. The van der Waals surface area contributed by atoms with Crippen molar-refractivity contribution in [3.63, 3.8) is 0 Å². The third kappa shape index (κ3) is 3.90. The predicted molar refractivity (Wildman–Crippen MR) is 114 cm³/mol. The van der Waals surface area contributed by atoms with Gasteiger partial charge in [0.15, 0.2) is 0 Å². The van der Waals surface area contributed by atoms with Gasteiger partial charge in [-0.1, -0.05) is 72.4 Å². The van der Waals surface area contributed by atoms with Crippen molar-refractivity contribution in [2.24, 2.45) is 15.2 Å². The Bertz CT molecular complexity index is 1030. The van der Waals surface area contributed by atoms with Gasteiger partial charge in [0.2, 0.25) is 5.17 Å². The summed E-state index contributed by atoms with van der Waals surface area (Å²) in [5.41, 5.74) is 5.79. The Hall–Kier alpha value is -2.99. The van der Waals surface area contributed by atoms with Gasteiger partial charge in [-0.3, -0.25) is 0 Å². The fraction of sp³-hybridized carbons (Fsp3) is 0.143. The number of aromatic nitrogens is 2. The smallest absolute Gasteiger partial charge is 0.209 e. The van der Waals surface area contributed by atoms with E-state index in [0.717, 1.165) is 45.5 Å². The first-order chi connectivity index (χ1) is 13.2. The molecule has 2 aromatic carbocycles. The van der Waals surface area contributed by atoms with Crippen molar-refractivity contribution in [1.82, 2.24) is 9.97 Å². The minimum Gasteiger partial charge on any atom is -0.342 e. The normalized spacial score (nSPS) is 16.0. The number of hydrogen-bond donors (Lipinski definition) is 1. The maximum Gasteiger partial charge on any atom is 0.209 e. The standard InChI is InChI=1S/C21H19N5S/c1-14-19(24-20(22-14)17-11-7-4-8-12-17)15(2)25-26-21-23-18(13-27-21)16-9-5-3-6-10-16/h3-12H,13H2,1-2H3,(H,22,24)/b25-15+,26-21-. The molecule has 0 saturated carbocycles. The van der Waals surface area contributed by atoms with Gasteiger partial charge in [0, 0.05) is 17.0 Å². The van der Waals surface area contributed by atoms with E-state index in [-0.39, 0.29) is 0 Å². The van der Waals surface area contributed by atoms with Gasteiger partial charge in [0.25, 0.3) is 0 Å². The Labute approximate surface area is 162 Å². The van der Waals surface area contributed by atoms with Crippen molar-refractivity contribution in [3.8, 4) is 11.4 Å². The Morgan fingerprint density at radius 2 is 1.67 bits per heavy atom. The summed E-state index contributed by atoms with van der Waals surface area (Å²) in [7, 11) is 0. The summed E-state index contributed by atoms with van der Waals surface area (Å²) < 4.78 is 0. The van der Waals surface area contributed by atoms with E-state index in [2.05, 4.69) is 37.3 Å². The number of H-pyrrole nitrogens is 1. The number of aryl methyl sites for hydroxylation is 1. The largest absolute Gasteiger partial charge is 0.342 e. The maximum absolute atomic E-state index is 4.69. The summed E-state index contributed by atoms with van der Waals surface area (Å²) in [6, 6.07) is 20.2. The van der Waals surface area contributed by atoms with Crippen LogP contribution >= 0.6 is 11.8 Å². The van der Waals surface area contributed by atoms with Gasteiger partial charge < -0.3 is 4.98 Å². The Morgan fingerprint density at radius 3 is 2.37 bits per heavy atom. The van der Waals surface area contributed by atoms with Crippen LogP contribution in [-0.4, -0.2) is 32.3 Å². The molecule has 5 nitrogen and oxygen atoms in total. The number of aromatic amines is 1. The minimum absolute atomic E-state index is 0.685. The second kappa shape index (κ2) is 7.72. The number of thioether (sulfide) groups is 1. The zero-order valence-electron chi connectivity index (χ0n) is 15.2. The van der Waals surface area contributed by atoms with Crippen molar-refractivity contribution < 1.29 is 0 Å². The molecule has 27 heavy (non-hydrogen) atoms. The lowest BCUT2D eigenvalue weighted by Gasteiger charge is -1.96. The van der Waals surface area contributed by atoms with Crippen LogP contribution in [0.1, 0.15) is 23.9 Å². The van der Waals surface area contributed by atoms with Crippen LogP contribution in [-0.2, 0) is 0 Å². The summed E-state index contributed by atoms with van der Waals surface area (Å²) in [5, 5.41) is 9.38. The van der Waals surface area contributed by atoms with E-state index in [1.165, 1.54) is 0 Å². The highest BCUT2D eigenvalue weighted by atomic mass is 32.2. The predicted octanol–water partition coefficient (Wildman–Crippen LogP) is 4.70. The molecule has 1 aromatic heterocycles. The molecule has 0 fully saturated rings. The topological polar surface area (TPSA) is 65.8 Å². The molecular formula is C21H19N5S.